The Labute approximate surface area is 104 Å². The summed E-state index contributed by atoms with van der Waals surface area (Å²) in [5, 5.41) is 0.203. The number of unbranched alkanes of at least 4 members (excludes halogenated alkanes) is 2. The van der Waals surface area contributed by atoms with Crippen molar-refractivity contribution >= 4 is 11.6 Å². The zero-order valence-corrected chi connectivity index (χ0v) is 10.2. The van der Waals surface area contributed by atoms with Gasteiger partial charge in [0, 0.05) is 0 Å². The van der Waals surface area contributed by atoms with Crippen LogP contribution in [0, 0.1) is 0 Å². The molecule has 0 unspecified atom stereocenters. The van der Waals surface area contributed by atoms with Crippen LogP contribution in [-0.4, -0.2) is 6.61 Å². The molecule has 1 aromatic rings. The van der Waals surface area contributed by atoms with Gasteiger partial charge in [0.2, 0.25) is 0 Å². The first-order valence-corrected chi connectivity index (χ1v) is 5.82. The Morgan fingerprint density at radius 2 is 1.94 bits per heavy atom. The van der Waals surface area contributed by atoms with E-state index in [1.165, 1.54) is 6.07 Å². The molecule has 1 aromatic carbocycles. The third-order valence-electron chi connectivity index (χ3n) is 2.26. The minimum absolute atomic E-state index is 0.0950. The van der Waals surface area contributed by atoms with Crippen molar-refractivity contribution in [2.45, 2.75) is 32.4 Å². The second kappa shape index (κ2) is 6.15. The van der Waals surface area contributed by atoms with Gasteiger partial charge in [-0.25, -0.2) is 0 Å². The lowest BCUT2D eigenvalue weighted by molar-refractivity contribution is -0.137. The van der Waals surface area contributed by atoms with Gasteiger partial charge in [-0.05, 0) is 24.6 Å². The Balaban J connectivity index is 2.70. The second-order valence-electron chi connectivity index (χ2n) is 3.70. The van der Waals surface area contributed by atoms with E-state index >= 15 is 0 Å². The molecule has 0 aliphatic heterocycles. The molecule has 0 radical (unpaired) electrons. The van der Waals surface area contributed by atoms with Gasteiger partial charge in [0.25, 0.3) is 0 Å². The quantitative estimate of drug-likeness (QED) is 0.687. The Morgan fingerprint density at radius 3 is 2.53 bits per heavy atom. The first-order chi connectivity index (χ1) is 7.95. The van der Waals surface area contributed by atoms with Gasteiger partial charge in [-0.2, -0.15) is 13.2 Å². The van der Waals surface area contributed by atoms with Gasteiger partial charge in [0.05, 0.1) is 17.2 Å². The van der Waals surface area contributed by atoms with Gasteiger partial charge in [-0.3, -0.25) is 0 Å². The first kappa shape index (κ1) is 14.2. The molecule has 0 N–H and O–H groups in total. The maximum absolute atomic E-state index is 12.4. The van der Waals surface area contributed by atoms with Crippen molar-refractivity contribution in [1.82, 2.24) is 0 Å². The summed E-state index contributed by atoms with van der Waals surface area (Å²) in [7, 11) is 0. The van der Waals surface area contributed by atoms with Crippen LogP contribution in [0.25, 0.3) is 0 Å². The number of alkyl halides is 3. The van der Waals surface area contributed by atoms with E-state index in [9.17, 15) is 13.2 Å². The van der Waals surface area contributed by atoms with E-state index in [0.717, 1.165) is 31.4 Å². The summed E-state index contributed by atoms with van der Waals surface area (Å²) in [5.41, 5.74) is -0.743. The molecular formula is C12H14ClF3O. The first-order valence-electron chi connectivity index (χ1n) is 5.44. The monoisotopic (exact) mass is 266 g/mol. The predicted octanol–water partition coefficient (Wildman–Crippen LogP) is 4.93. The maximum atomic E-state index is 12.4. The molecule has 0 saturated heterocycles. The Bertz CT molecular complexity index is 363. The molecule has 0 atom stereocenters. The largest absolute Gasteiger partial charge is 0.492 e. The molecule has 0 amide bonds. The van der Waals surface area contributed by atoms with E-state index in [1.54, 1.807) is 0 Å². The minimum atomic E-state index is -4.37. The fourth-order valence-electron chi connectivity index (χ4n) is 1.32. The van der Waals surface area contributed by atoms with Gasteiger partial charge in [-0.15, -0.1) is 0 Å². The molecule has 1 nitrogen and oxygen atoms in total. The summed E-state index contributed by atoms with van der Waals surface area (Å²) < 4.78 is 42.6. The molecule has 0 fully saturated rings. The van der Waals surface area contributed by atoms with Crippen LogP contribution in [0.3, 0.4) is 0 Å². The smallest absolute Gasteiger partial charge is 0.416 e. The Morgan fingerprint density at radius 1 is 1.24 bits per heavy atom. The van der Waals surface area contributed by atoms with E-state index in [2.05, 4.69) is 0 Å². The highest BCUT2D eigenvalue weighted by Crippen LogP contribution is 2.34. The van der Waals surface area contributed by atoms with E-state index in [4.69, 9.17) is 16.3 Å². The summed E-state index contributed by atoms with van der Waals surface area (Å²) in [5.74, 6) is 0.0950. The van der Waals surface area contributed by atoms with Crippen LogP contribution in [0.15, 0.2) is 18.2 Å². The lowest BCUT2D eigenvalue weighted by Crippen LogP contribution is -2.06. The minimum Gasteiger partial charge on any atom is -0.492 e. The van der Waals surface area contributed by atoms with Gasteiger partial charge in [0.1, 0.15) is 5.75 Å². The Hall–Kier alpha value is -0.900. The summed E-state index contributed by atoms with van der Waals surface area (Å²) >= 11 is 5.77. The predicted molar refractivity (Wildman–Crippen MR) is 61.5 cm³/mol. The lowest BCUT2D eigenvalue weighted by atomic mass is 10.2. The van der Waals surface area contributed by atoms with Crippen molar-refractivity contribution in [1.29, 1.82) is 0 Å². The highest BCUT2D eigenvalue weighted by molar-refractivity contribution is 6.32. The van der Waals surface area contributed by atoms with Gasteiger partial charge in [-0.1, -0.05) is 31.4 Å². The van der Waals surface area contributed by atoms with Crippen molar-refractivity contribution in [3.05, 3.63) is 28.8 Å². The van der Waals surface area contributed by atoms with Crippen LogP contribution in [-0.2, 0) is 6.18 Å². The number of hydrogen-bond acceptors (Lipinski definition) is 1. The summed E-state index contributed by atoms with van der Waals surface area (Å²) in [4.78, 5) is 0. The lowest BCUT2D eigenvalue weighted by Gasteiger charge is -2.11. The van der Waals surface area contributed by atoms with E-state index in [-0.39, 0.29) is 10.8 Å². The molecule has 1 rings (SSSR count). The van der Waals surface area contributed by atoms with Gasteiger partial charge >= 0.3 is 6.18 Å². The van der Waals surface area contributed by atoms with E-state index in [0.29, 0.717) is 6.61 Å². The molecule has 0 bridgehead atoms. The van der Waals surface area contributed by atoms with Crippen LogP contribution in [0.2, 0.25) is 5.02 Å². The molecule has 17 heavy (non-hydrogen) atoms. The van der Waals surface area contributed by atoms with Crippen LogP contribution in [0.1, 0.15) is 31.7 Å². The molecule has 0 saturated carbocycles. The highest BCUT2D eigenvalue weighted by Gasteiger charge is 2.31. The topological polar surface area (TPSA) is 9.23 Å². The maximum Gasteiger partial charge on any atom is 0.416 e. The molecule has 0 aromatic heterocycles. The van der Waals surface area contributed by atoms with Crippen LogP contribution < -0.4 is 4.74 Å². The van der Waals surface area contributed by atoms with Crippen LogP contribution in [0.4, 0.5) is 13.2 Å². The zero-order chi connectivity index (χ0) is 12.9. The molecular weight excluding hydrogens is 253 g/mol. The molecule has 96 valence electrons. The third-order valence-corrected chi connectivity index (χ3v) is 2.58. The fourth-order valence-corrected chi connectivity index (χ4v) is 1.50. The van der Waals surface area contributed by atoms with Crippen molar-refractivity contribution in [2.24, 2.45) is 0 Å². The number of halogens is 4. The SMILES string of the molecule is CCCCCOc1cc(C(F)(F)F)ccc1Cl. The van der Waals surface area contributed by atoms with Crippen LogP contribution >= 0.6 is 11.6 Å². The van der Waals surface area contributed by atoms with Crippen molar-refractivity contribution < 1.29 is 17.9 Å². The van der Waals surface area contributed by atoms with Crippen molar-refractivity contribution in [3.63, 3.8) is 0 Å². The van der Waals surface area contributed by atoms with E-state index in [1.807, 2.05) is 6.92 Å². The molecule has 0 heterocycles. The summed E-state index contributed by atoms with van der Waals surface area (Å²) in [6, 6.07) is 3.09. The molecule has 0 spiro atoms. The second-order valence-corrected chi connectivity index (χ2v) is 4.11. The van der Waals surface area contributed by atoms with Crippen LogP contribution in [0.5, 0.6) is 5.75 Å². The number of benzene rings is 1. The van der Waals surface area contributed by atoms with Gasteiger partial charge in [0.15, 0.2) is 0 Å². The molecule has 5 heteroatoms. The average Bonchev–Trinajstić information content (AvgIpc) is 2.25. The summed E-state index contributed by atoms with van der Waals surface area (Å²) in [6.45, 7) is 2.42. The molecule has 0 aliphatic rings. The zero-order valence-electron chi connectivity index (χ0n) is 9.48. The molecule has 0 aliphatic carbocycles. The number of rotatable bonds is 5. The normalized spacial score (nSPS) is 11.6. The standard InChI is InChI=1S/C12H14ClF3O/c1-2-3-4-7-17-11-8-9(12(14,15)16)5-6-10(11)13/h5-6,8H,2-4,7H2,1H3. The average molecular weight is 267 g/mol. The van der Waals surface area contributed by atoms with E-state index < -0.39 is 11.7 Å². The number of hydrogen-bond donors (Lipinski definition) is 0. The highest BCUT2D eigenvalue weighted by atomic mass is 35.5. The van der Waals surface area contributed by atoms with Crippen molar-refractivity contribution in [2.75, 3.05) is 6.61 Å². The fraction of sp³-hybridized carbons (Fsp3) is 0.500. The summed E-state index contributed by atoms with van der Waals surface area (Å²) in [6.07, 6.45) is -1.55. The third kappa shape index (κ3) is 4.46. The number of ether oxygens (including phenoxy) is 1. The van der Waals surface area contributed by atoms with Gasteiger partial charge < -0.3 is 4.74 Å². The van der Waals surface area contributed by atoms with Crippen molar-refractivity contribution in [3.8, 4) is 5.75 Å². The Kier molecular flexibility index (Phi) is 5.12.